The van der Waals surface area contributed by atoms with Gasteiger partial charge in [-0.25, -0.2) is 9.97 Å². The largest absolute Gasteiger partial charge is 0.381 e. The van der Waals surface area contributed by atoms with Gasteiger partial charge >= 0.3 is 0 Å². The zero-order valence-corrected chi connectivity index (χ0v) is 9.38. The number of anilines is 3. The van der Waals surface area contributed by atoms with Gasteiger partial charge < -0.3 is 10.6 Å². The quantitative estimate of drug-likeness (QED) is 0.832. The molecule has 2 rings (SSSR count). The molecule has 2 aromatic rings. The number of nitrogens with zero attached hydrogens (tertiary/aromatic N) is 3. The molecular weight excluding hydrogens is 200 g/mol. The van der Waals surface area contributed by atoms with Crippen LogP contribution in [0.5, 0.6) is 0 Å². The molecule has 0 radical (unpaired) electrons. The number of rotatable bonds is 2. The monoisotopic (exact) mass is 214 g/mol. The first-order chi connectivity index (χ1) is 7.68. The van der Waals surface area contributed by atoms with E-state index in [1.54, 1.807) is 12.4 Å². The van der Waals surface area contributed by atoms with Gasteiger partial charge in [0.25, 0.3) is 0 Å². The van der Waals surface area contributed by atoms with Gasteiger partial charge in [-0.1, -0.05) is 12.1 Å². The maximum absolute atomic E-state index is 5.78. The lowest BCUT2D eigenvalue weighted by molar-refractivity contribution is 1.09. The second-order valence-corrected chi connectivity index (χ2v) is 3.66. The van der Waals surface area contributed by atoms with E-state index in [1.165, 1.54) is 5.56 Å². The molecule has 0 aliphatic heterocycles. The second kappa shape index (κ2) is 4.18. The number of nitrogens with two attached hydrogens (primary N) is 1. The third-order valence-electron chi connectivity index (χ3n) is 2.41. The molecule has 0 fully saturated rings. The normalized spacial score (nSPS) is 10.1. The van der Waals surface area contributed by atoms with Crippen LogP contribution in [0.25, 0.3) is 0 Å². The summed E-state index contributed by atoms with van der Waals surface area (Å²) in [4.78, 5) is 10.2. The van der Waals surface area contributed by atoms with Crippen molar-refractivity contribution in [2.24, 2.45) is 0 Å². The highest BCUT2D eigenvalue weighted by molar-refractivity contribution is 5.67. The summed E-state index contributed by atoms with van der Waals surface area (Å²) < 4.78 is 0. The van der Waals surface area contributed by atoms with Crippen molar-refractivity contribution in [2.75, 3.05) is 17.7 Å². The second-order valence-electron chi connectivity index (χ2n) is 3.66. The van der Waals surface area contributed by atoms with Crippen LogP contribution in [-0.4, -0.2) is 17.0 Å². The van der Waals surface area contributed by atoms with Crippen molar-refractivity contribution in [3.8, 4) is 0 Å². The molecule has 2 N–H and O–H groups in total. The Bertz CT molecular complexity index is 496. The molecule has 0 spiro atoms. The van der Waals surface area contributed by atoms with E-state index in [9.17, 15) is 0 Å². The summed E-state index contributed by atoms with van der Waals surface area (Å²) in [5, 5.41) is 0. The molecule has 0 saturated carbocycles. The molecule has 1 heterocycles. The molecule has 0 bridgehead atoms. The molecule has 4 heteroatoms. The first-order valence-corrected chi connectivity index (χ1v) is 5.05. The van der Waals surface area contributed by atoms with Crippen LogP contribution in [0.1, 0.15) is 5.56 Å². The first-order valence-electron chi connectivity index (χ1n) is 5.05. The molecule has 0 unspecified atom stereocenters. The van der Waals surface area contributed by atoms with E-state index in [-0.39, 0.29) is 0 Å². The summed E-state index contributed by atoms with van der Waals surface area (Å²) in [6.07, 6.45) is 3.22. The van der Waals surface area contributed by atoms with Gasteiger partial charge in [-0.05, 0) is 24.6 Å². The van der Waals surface area contributed by atoms with Crippen LogP contribution in [0.2, 0.25) is 0 Å². The number of benzene rings is 1. The van der Waals surface area contributed by atoms with Crippen LogP contribution in [0.4, 0.5) is 17.3 Å². The molecule has 16 heavy (non-hydrogen) atoms. The molecule has 0 aliphatic rings. The maximum Gasteiger partial charge on any atom is 0.175 e. The average Bonchev–Trinajstić information content (AvgIpc) is 2.29. The highest BCUT2D eigenvalue weighted by Crippen LogP contribution is 2.25. The van der Waals surface area contributed by atoms with Crippen molar-refractivity contribution >= 4 is 17.3 Å². The zero-order chi connectivity index (χ0) is 11.5. The summed E-state index contributed by atoms with van der Waals surface area (Å²) in [6.45, 7) is 2.05. The van der Waals surface area contributed by atoms with Gasteiger partial charge in [-0.15, -0.1) is 0 Å². The van der Waals surface area contributed by atoms with Crippen LogP contribution in [0, 0.1) is 6.92 Å². The predicted octanol–water partition coefficient (Wildman–Crippen LogP) is 2.14. The van der Waals surface area contributed by atoms with Crippen LogP contribution < -0.4 is 10.6 Å². The lowest BCUT2D eigenvalue weighted by Gasteiger charge is -2.19. The van der Waals surface area contributed by atoms with E-state index in [0.29, 0.717) is 11.6 Å². The number of aromatic nitrogens is 2. The molecule has 82 valence electrons. The van der Waals surface area contributed by atoms with E-state index in [4.69, 9.17) is 5.73 Å². The van der Waals surface area contributed by atoms with E-state index in [0.717, 1.165) is 5.69 Å². The van der Waals surface area contributed by atoms with Gasteiger partial charge in [-0.2, -0.15) is 0 Å². The SMILES string of the molecule is Cc1cccc(N(C)c2nccnc2N)c1. The zero-order valence-electron chi connectivity index (χ0n) is 9.38. The standard InChI is InChI=1S/C12H14N4/c1-9-4-3-5-10(8-9)16(2)12-11(13)14-6-7-15-12/h3-8H,1-2H3,(H2,13,14). The van der Waals surface area contributed by atoms with Crippen molar-refractivity contribution in [1.82, 2.24) is 9.97 Å². The van der Waals surface area contributed by atoms with E-state index < -0.39 is 0 Å². The molecule has 0 aliphatic carbocycles. The Morgan fingerprint density at radius 2 is 1.94 bits per heavy atom. The molecule has 0 amide bonds. The van der Waals surface area contributed by atoms with Gasteiger partial charge in [-0.3, -0.25) is 0 Å². The number of hydrogen-bond donors (Lipinski definition) is 1. The van der Waals surface area contributed by atoms with Crippen molar-refractivity contribution in [3.63, 3.8) is 0 Å². The Kier molecular flexibility index (Phi) is 2.72. The molecule has 0 saturated heterocycles. The van der Waals surface area contributed by atoms with Gasteiger partial charge in [0.15, 0.2) is 11.6 Å². The van der Waals surface area contributed by atoms with Crippen LogP contribution in [0.3, 0.4) is 0 Å². The molecular formula is C12H14N4. The summed E-state index contributed by atoms with van der Waals surface area (Å²) in [5.41, 5.74) is 8.03. The fourth-order valence-corrected chi connectivity index (χ4v) is 1.56. The van der Waals surface area contributed by atoms with Gasteiger partial charge in [0.2, 0.25) is 0 Å². The van der Waals surface area contributed by atoms with E-state index in [1.807, 2.05) is 24.1 Å². The fraction of sp³-hybridized carbons (Fsp3) is 0.167. The van der Waals surface area contributed by atoms with Gasteiger partial charge in [0.05, 0.1) is 0 Å². The fourth-order valence-electron chi connectivity index (χ4n) is 1.56. The van der Waals surface area contributed by atoms with Crippen LogP contribution in [-0.2, 0) is 0 Å². The highest BCUT2D eigenvalue weighted by atomic mass is 15.2. The first kappa shape index (κ1) is 10.4. The Labute approximate surface area is 94.8 Å². The number of nitrogen functional groups attached to an aromatic ring is 1. The van der Waals surface area contributed by atoms with Crippen LogP contribution in [0.15, 0.2) is 36.7 Å². The number of hydrogen-bond acceptors (Lipinski definition) is 4. The highest BCUT2D eigenvalue weighted by Gasteiger charge is 2.08. The topological polar surface area (TPSA) is 55.0 Å². The predicted molar refractivity (Wildman–Crippen MR) is 65.7 cm³/mol. The molecule has 4 nitrogen and oxygen atoms in total. The average molecular weight is 214 g/mol. The Balaban J connectivity index is 2.39. The van der Waals surface area contributed by atoms with Gasteiger partial charge in [0, 0.05) is 25.1 Å². The summed E-state index contributed by atoms with van der Waals surface area (Å²) in [6, 6.07) is 8.15. The van der Waals surface area contributed by atoms with E-state index >= 15 is 0 Å². The third-order valence-corrected chi connectivity index (χ3v) is 2.41. The lowest BCUT2D eigenvalue weighted by atomic mass is 10.2. The van der Waals surface area contributed by atoms with Crippen molar-refractivity contribution < 1.29 is 0 Å². The van der Waals surface area contributed by atoms with Gasteiger partial charge in [0.1, 0.15) is 0 Å². The Hall–Kier alpha value is -2.10. The summed E-state index contributed by atoms with van der Waals surface area (Å²) in [5.74, 6) is 1.11. The number of aryl methyl sites for hydroxylation is 1. The Morgan fingerprint density at radius 3 is 2.62 bits per heavy atom. The maximum atomic E-state index is 5.78. The smallest absolute Gasteiger partial charge is 0.175 e. The minimum absolute atomic E-state index is 0.437. The minimum Gasteiger partial charge on any atom is -0.381 e. The lowest BCUT2D eigenvalue weighted by Crippen LogP contribution is -2.14. The Morgan fingerprint density at radius 1 is 1.19 bits per heavy atom. The van der Waals surface area contributed by atoms with Crippen molar-refractivity contribution in [2.45, 2.75) is 6.92 Å². The van der Waals surface area contributed by atoms with Crippen LogP contribution >= 0.6 is 0 Å². The summed E-state index contributed by atoms with van der Waals surface area (Å²) in [7, 11) is 1.93. The van der Waals surface area contributed by atoms with Crippen molar-refractivity contribution in [1.29, 1.82) is 0 Å². The third kappa shape index (κ3) is 1.95. The molecule has 1 aromatic heterocycles. The minimum atomic E-state index is 0.437. The van der Waals surface area contributed by atoms with E-state index in [2.05, 4.69) is 29.0 Å². The summed E-state index contributed by atoms with van der Waals surface area (Å²) >= 11 is 0. The molecule has 0 atom stereocenters. The molecule has 1 aromatic carbocycles. The van der Waals surface area contributed by atoms with Crippen molar-refractivity contribution in [3.05, 3.63) is 42.2 Å².